The van der Waals surface area contributed by atoms with Crippen LogP contribution in [-0.2, 0) is 19.4 Å². The van der Waals surface area contributed by atoms with Crippen molar-refractivity contribution in [3.63, 3.8) is 0 Å². The molecule has 0 unspecified atom stereocenters. The van der Waals surface area contributed by atoms with Gasteiger partial charge in [-0.1, -0.05) is 31.2 Å². The first-order valence-electron chi connectivity index (χ1n) is 7.79. The van der Waals surface area contributed by atoms with Gasteiger partial charge in [0.15, 0.2) is 0 Å². The Labute approximate surface area is 130 Å². The fourth-order valence-electron chi connectivity index (χ4n) is 2.96. The third kappa shape index (κ3) is 3.67. The van der Waals surface area contributed by atoms with Crippen molar-refractivity contribution >= 4 is 6.03 Å². The summed E-state index contributed by atoms with van der Waals surface area (Å²) in [5.41, 5.74) is 2.69. The van der Waals surface area contributed by atoms with Crippen molar-refractivity contribution in [1.82, 2.24) is 20.4 Å². The van der Waals surface area contributed by atoms with E-state index < -0.39 is 0 Å². The predicted molar refractivity (Wildman–Crippen MR) is 85.6 cm³/mol. The zero-order chi connectivity index (χ0) is 15.4. The molecule has 1 atom stereocenters. The monoisotopic (exact) mass is 298 g/mol. The Kier molecular flexibility index (Phi) is 4.42. The molecule has 1 aliphatic rings. The lowest BCUT2D eigenvalue weighted by Crippen LogP contribution is -2.44. The molecule has 1 aromatic heterocycles. The average molecular weight is 298 g/mol. The van der Waals surface area contributed by atoms with Gasteiger partial charge in [0, 0.05) is 31.5 Å². The molecule has 22 heavy (non-hydrogen) atoms. The summed E-state index contributed by atoms with van der Waals surface area (Å²) in [6.45, 7) is 3.56. The van der Waals surface area contributed by atoms with Gasteiger partial charge < -0.3 is 10.6 Å². The Bertz CT molecular complexity index is 598. The van der Waals surface area contributed by atoms with E-state index in [1.54, 1.807) is 6.20 Å². The van der Waals surface area contributed by atoms with E-state index in [1.807, 2.05) is 16.9 Å². The van der Waals surface area contributed by atoms with E-state index >= 15 is 0 Å². The number of nitrogens with one attached hydrogen (secondary N) is 2. The molecule has 1 heterocycles. The summed E-state index contributed by atoms with van der Waals surface area (Å²) in [5, 5.41) is 10.2. The van der Waals surface area contributed by atoms with Crippen molar-refractivity contribution in [3.05, 3.63) is 53.9 Å². The smallest absolute Gasteiger partial charge is 0.315 e. The summed E-state index contributed by atoms with van der Waals surface area (Å²) >= 11 is 0. The molecule has 0 fully saturated rings. The summed E-state index contributed by atoms with van der Waals surface area (Å²) in [4.78, 5) is 12.0. The first kappa shape index (κ1) is 14.6. The largest absolute Gasteiger partial charge is 0.338 e. The molecule has 0 saturated heterocycles. The van der Waals surface area contributed by atoms with E-state index in [2.05, 4.69) is 46.9 Å². The number of fused-ring (bicyclic) bond motifs is 1. The first-order chi connectivity index (χ1) is 10.7. The van der Waals surface area contributed by atoms with Gasteiger partial charge in [0.25, 0.3) is 0 Å². The lowest BCUT2D eigenvalue weighted by atomic mass is 10.1. The summed E-state index contributed by atoms with van der Waals surface area (Å²) in [5.74, 6) is 0.339. The number of aromatic nitrogens is 2. The highest BCUT2D eigenvalue weighted by molar-refractivity contribution is 5.74. The Hall–Kier alpha value is -2.30. The molecule has 1 aromatic carbocycles. The number of rotatable bonds is 5. The van der Waals surface area contributed by atoms with Crippen molar-refractivity contribution in [2.75, 3.05) is 6.54 Å². The second-order valence-corrected chi connectivity index (χ2v) is 6.06. The van der Waals surface area contributed by atoms with E-state index in [-0.39, 0.29) is 12.1 Å². The number of carbonyl (C=O) groups is 1. The summed E-state index contributed by atoms with van der Waals surface area (Å²) in [7, 11) is 0. The number of benzene rings is 1. The molecule has 2 amide bonds. The van der Waals surface area contributed by atoms with E-state index in [1.165, 1.54) is 11.1 Å². The van der Waals surface area contributed by atoms with Crippen LogP contribution in [0.3, 0.4) is 0 Å². The van der Waals surface area contributed by atoms with Crippen LogP contribution >= 0.6 is 0 Å². The minimum Gasteiger partial charge on any atom is -0.338 e. The maximum Gasteiger partial charge on any atom is 0.315 e. The van der Waals surface area contributed by atoms with Gasteiger partial charge in [0.1, 0.15) is 0 Å². The van der Waals surface area contributed by atoms with Crippen molar-refractivity contribution < 1.29 is 4.79 Å². The van der Waals surface area contributed by atoms with E-state index in [9.17, 15) is 4.79 Å². The molecular formula is C17H22N4O. The molecule has 0 spiro atoms. The van der Waals surface area contributed by atoms with Crippen LogP contribution in [0.15, 0.2) is 42.7 Å². The van der Waals surface area contributed by atoms with Crippen LogP contribution in [0.4, 0.5) is 4.79 Å². The maximum atomic E-state index is 12.0. The molecule has 5 nitrogen and oxygen atoms in total. The van der Waals surface area contributed by atoms with Crippen LogP contribution in [-0.4, -0.2) is 28.4 Å². The van der Waals surface area contributed by atoms with E-state index in [0.717, 1.165) is 19.4 Å². The van der Waals surface area contributed by atoms with Crippen molar-refractivity contribution in [2.24, 2.45) is 5.92 Å². The van der Waals surface area contributed by atoms with Gasteiger partial charge in [-0.05, 0) is 36.0 Å². The highest BCUT2D eigenvalue weighted by Gasteiger charge is 2.22. The van der Waals surface area contributed by atoms with Crippen LogP contribution < -0.4 is 10.6 Å². The molecular weight excluding hydrogens is 276 g/mol. The molecule has 1 aliphatic carbocycles. The normalized spacial score (nSPS) is 15.3. The van der Waals surface area contributed by atoms with Gasteiger partial charge in [0.2, 0.25) is 0 Å². The molecule has 2 aromatic rings. The van der Waals surface area contributed by atoms with Crippen LogP contribution in [0.2, 0.25) is 0 Å². The zero-order valence-electron chi connectivity index (χ0n) is 12.8. The first-order valence-corrected chi connectivity index (χ1v) is 7.79. The molecule has 116 valence electrons. The fourth-order valence-corrected chi connectivity index (χ4v) is 2.96. The molecule has 0 radical (unpaired) electrons. The van der Waals surface area contributed by atoms with Crippen molar-refractivity contribution in [1.29, 1.82) is 0 Å². The van der Waals surface area contributed by atoms with Gasteiger partial charge >= 0.3 is 6.03 Å². The molecule has 2 N–H and O–H groups in total. The second kappa shape index (κ2) is 6.64. The number of nitrogens with zero attached hydrogens (tertiary/aromatic N) is 2. The van der Waals surface area contributed by atoms with Crippen molar-refractivity contribution in [3.8, 4) is 0 Å². The summed E-state index contributed by atoms with van der Waals surface area (Å²) in [6.07, 6.45) is 5.55. The van der Waals surface area contributed by atoms with Crippen molar-refractivity contribution in [2.45, 2.75) is 32.4 Å². The molecule has 3 rings (SSSR count). The molecule has 0 bridgehead atoms. The lowest BCUT2D eigenvalue weighted by Gasteiger charge is -2.16. The van der Waals surface area contributed by atoms with Gasteiger partial charge in [-0.3, -0.25) is 4.68 Å². The molecule has 0 aliphatic heterocycles. The standard InChI is InChI=1S/C17H22N4O/c1-13(12-21-8-4-7-19-21)11-18-17(22)20-16-9-14-5-2-3-6-15(14)10-16/h2-8,13,16H,9-12H2,1H3,(H2,18,20,22)/t13-/m1/s1. The van der Waals surface area contributed by atoms with Gasteiger partial charge in [-0.2, -0.15) is 5.10 Å². The number of hydrogen-bond acceptors (Lipinski definition) is 2. The number of urea groups is 1. The van der Waals surface area contributed by atoms with E-state index in [4.69, 9.17) is 0 Å². The number of amides is 2. The Morgan fingerprint density at radius 3 is 2.68 bits per heavy atom. The number of carbonyl (C=O) groups excluding carboxylic acids is 1. The van der Waals surface area contributed by atoms with Gasteiger partial charge in [-0.15, -0.1) is 0 Å². The van der Waals surface area contributed by atoms with Crippen LogP contribution in [0.5, 0.6) is 0 Å². The predicted octanol–water partition coefficient (Wildman–Crippen LogP) is 1.99. The molecule has 0 saturated carbocycles. The average Bonchev–Trinajstić information content (AvgIpc) is 3.13. The highest BCUT2D eigenvalue weighted by Crippen LogP contribution is 2.21. The van der Waals surface area contributed by atoms with Gasteiger partial charge in [0.05, 0.1) is 0 Å². The van der Waals surface area contributed by atoms with Gasteiger partial charge in [-0.25, -0.2) is 4.79 Å². The summed E-state index contributed by atoms with van der Waals surface area (Å²) in [6, 6.07) is 10.4. The Morgan fingerprint density at radius 1 is 1.32 bits per heavy atom. The lowest BCUT2D eigenvalue weighted by molar-refractivity contribution is 0.235. The SMILES string of the molecule is C[C@H](CNC(=O)NC1Cc2ccccc2C1)Cn1cccn1. The van der Waals surface area contributed by atoms with Crippen LogP contribution in [0.25, 0.3) is 0 Å². The minimum absolute atomic E-state index is 0.0786. The Morgan fingerprint density at radius 2 is 2.05 bits per heavy atom. The third-order valence-corrected chi connectivity index (χ3v) is 4.06. The third-order valence-electron chi connectivity index (χ3n) is 4.06. The minimum atomic E-state index is -0.0786. The number of hydrogen-bond donors (Lipinski definition) is 2. The maximum absolute atomic E-state index is 12.0. The highest BCUT2D eigenvalue weighted by atomic mass is 16.2. The van der Waals surface area contributed by atoms with Crippen LogP contribution in [0, 0.1) is 5.92 Å². The quantitative estimate of drug-likeness (QED) is 0.887. The second-order valence-electron chi connectivity index (χ2n) is 6.06. The Balaban J connectivity index is 1.40. The summed E-state index contributed by atoms with van der Waals surface area (Å²) < 4.78 is 1.89. The van der Waals surface area contributed by atoms with Crippen LogP contribution in [0.1, 0.15) is 18.1 Å². The topological polar surface area (TPSA) is 59.0 Å². The van der Waals surface area contributed by atoms with E-state index in [0.29, 0.717) is 12.5 Å². The molecule has 5 heteroatoms. The zero-order valence-corrected chi connectivity index (χ0v) is 12.8. The fraction of sp³-hybridized carbons (Fsp3) is 0.412.